The lowest BCUT2D eigenvalue weighted by Crippen LogP contribution is -2.55. The predicted octanol–water partition coefficient (Wildman–Crippen LogP) is -7.13. The minimum absolute atomic E-state index is 0.0114. The summed E-state index contributed by atoms with van der Waals surface area (Å²) in [7, 11) is 114. The van der Waals surface area contributed by atoms with E-state index >= 15 is 0 Å². The summed E-state index contributed by atoms with van der Waals surface area (Å²) in [5.41, 5.74) is 4.54. The first-order valence-corrected chi connectivity index (χ1v) is 21.8. The molecule has 0 atom stereocenters. The van der Waals surface area contributed by atoms with Gasteiger partial charge in [0.2, 0.25) is 0 Å². The second-order valence-electron chi connectivity index (χ2n) is 17.3. The van der Waals surface area contributed by atoms with E-state index in [1.165, 1.54) is 0 Å². The highest BCUT2D eigenvalue weighted by atomic mass is 16.3. The number of aromatic nitrogens is 2. The molecule has 0 spiro atoms. The van der Waals surface area contributed by atoms with Gasteiger partial charge in [-0.25, -0.2) is 4.98 Å². The number of hydrogen-bond acceptors (Lipinski definition) is 2. The molecule has 0 fully saturated rings. The highest BCUT2D eigenvalue weighted by molar-refractivity contribution is 6.72. The summed E-state index contributed by atoms with van der Waals surface area (Å²) in [4.78, 5) is 5.20. The molecule has 0 saturated carbocycles. The van der Waals surface area contributed by atoms with Gasteiger partial charge in [-0.05, 0) is 97.6 Å². The van der Waals surface area contributed by atoms with Crippen LogP contribution in [0.15, 0.2) is 97.1 Å². The van der Waals surface area contributed by atoms with E-state index in [1.807, 2.05) is 83.4 Å². The van der Waals surface area contributed by atoms with Crippen LogP contribution in [-0.2, 0) is 0 Å². The lowest BCUT2D eigenvalue weighted by Gasteiger charge is -2.29. The Bertz CT molecular complexity index is 3760. The van der Waals surface area contributed by atoms with Crippen molar-refractivity contribution in [3.8, 4) is 67.3 Å². The van der Waals surface area contributed by atoms with Gasteiger partial charge in [-0.2, -0.15) is 0 Å². The van der Waals surface area contributed by atoms with Crippen molar-refractivity contribution in [1.82, 2.24) is 9.55 Å². The fourth-order valence-corrected chi connectivity index (χ4v) is 9.78. The molecule has 9 aromatic carbocycles. The second kappa shape index (κ2) is 17.9. The van der Waals surface area contributed by atoms with Gasteiger partial charge in [-0.15, -0.1) is 49.2 Å². The molecule has 34 radical (unpaired) electrons. The van der Waals surface area contributed by atoms with Gasteiger partial charge in [-0.1, -0.05) is 98.3 Å². The number of rotatable bonds is 6. The molecule has 0 aliphatic rings. The fourth-order valence-electron chi connectivity index (χ4n) is 9.78. The maximum absolute atomic E-state index is 12.7. The number of phenolic OH excluding ortho intramolecular Hbond substituents is 1. The van der Waals surface area contributed by atoms with Crippen LogP contribution in [0, 0.1) is 0 Å². The fraction of sp³-hybridized carbons (Fsp3) is 0. The first kappa shape index (κ1) is 48.5. The van der Waals surface area contributed by atoms with E-state index < -0.39 is 5.75 Å². The Morgan fingerprint density at radius 1 is 0.324 bits per heavy atom. The smallest absolute Gasteiger partial charge is 0.146 e. The number of imidazole rings is 1. The number of nitrogens with zero attached hydrogens (tertiary/aromatic N) is 2. The van der Waals surface area contributed by atoms with Crippen molar-refractivity contribution >= 4 is 259 Å². The lowest BCUT2D eigenvalue weighted by molar-refractivity contribution is 0.486. The molecule has 0 amide bonds. The molecule has 0 aliphatic carbocycles. The standard InChI is InChI=1S/C51H17B17N2O/c52-33-26(34(53)41(60)47(66)40(33)59)18-14-17(15-19(16-18)27-35(54)42(61)48(67)43(62)36(27)55)25-29-30(38(57)45(64)44(63)37(29)56)28(31-32(25)50(71)49(68)46(65)39(31)58)21-10-4-5-11-22(21)51-69-23-12-6-7-13-24(23)70(51)20-8-2-1-3-9-20/h1-16,71H. The molecule has 20 heteroatoms. The summed E-state index contributed by atoms with van der Waals surface area (Å²) in [5, 5.41) is 13.4. The van der Waals surface area contributed by atoms with Gasteiger partial charge >= 0.3 is 0 Å². The molecular formula is C51H17B17N2O. The van der Waals surface area contributed by atoms with Gasteiger partial charge in [0.15, 0.2) is 0 Å². The summed E-state index contributed by atoms with van der Waals surface area (Å²) in [5.74, 6) is 0.0745. The Hall–Kier alpha value is -6.13. The van der Waals surface area contributed by atoms with Crippen molar-refractivity contribution in [2.24, 2.45) is 0 Å². The summed E-state index contributed by atoms with van der Waals surface area (Å²) in [6, 6.07) is 30.0. The Labute approximate surface area is 435 Å². The van der Waals surface area contributed by atoms with Crippen LogP contribution in [-0.4, -0.2) is 148 Å². The number of fused-ring (bicyclic) bond motifs is 3. The normalized spacial score (nSPS) is 11.5. The van der Waals surface area contributed by atoms with Gasteiger partial charge in [0.1, 0.15) is 145 Å². The van der Waals surface area contributed by atoms with Gasteiger partial charge in [0.25, 0.3) is 0 Å². The van der Waals surface area contributed by atoms with Crippen LogP contribution in [0.25, 0.3) is 94.2 Å². The maximum Gasteiger partial charge on any atom is 0.146 e. The number of phenols is 1. The minimum Gasteiger partial charge on any atom is -0.508 e. The van der Waals surface area contributed by atoms with Crippen LogP contribution in [0.1, 0.15) is 0 Å². The quantitative estimate of drug-likeness (QED) is 0.134. The molecule has 10 rings (SSSR count). The summed E-state index contributed by atoms with van der Waals surface area (Å²) >= 11 is 0. The molecular weight excluding hydrogens is 840 g/mol. The van der Waals surface area contributed by atoms with E-state index in [0.717, 1.165) is 11.2 Å². The third kappa shape index (κ3) is 7.23. The Morgan fingerprint density at radius 3 is 1.20 bits per heavy atom. The topological polar surface area (TPSA) is 38.0 Å². The molecule has 0 bridgehead atoms. The molecule has 1 heterocycles. The van der Waals surface area contributed by atoms with Crippen molar-refractivity contribution in [3.63, 3.8) is 0 Å². The van der Waals surface area contributed by atoms with Crippen molar-refractivity contribution in [1.29, 1.82) is 0 Å². The van der Waals surface area contributed by atoms with Gasteiger partial charge in [0.05, 0.1) is 11.0 Å². The van der Waals surface area contributed by atoms with Gasteiger partial charge in [-0.3, -0.25) is 4.57 Å². The summed E-state index contributed by atoms with van der Waals surface area (Å²) in [6.07, 6.45) is 0. The minimum atomic E-state index is -0.473. The molecule has 0 unspecified atom stereocenters. The summed E-state index contributed by atoms with van der Waals surface area (Å²) in [6.45, 7) is 0. The third-order valence-electron chi connectivity index (χ3n) is 13.5. The highest BCUT2D eigenvalue weighted by Crippen LogP contribution is 2.47. The van der Waals surface area contributed by atoms with Crippen molar-refractivity contribution < 1.29 is 5.11 Å². The molecule has 3 nitrogen and oxygen atoms in total. The zero-order valence-corrected chi connectivity index (χ0v) is 37.9. The summed E-state index contributed by atoms with van der Waals surface area (Å²) < 4.78 is 2.04. The largest absolute Gasteiger partial charge is 0.508 e. The molecule has 71 heavy (non-hydrogen) atoms. The van der Waals surface area contributed by atoms with E-state index in [9.17, 15) is 5.11 Å². The van der Waals surface area contributed by atoms with Crippen LogP contribution in [0.2, 0.25) is 0 Å². The molecule has 288 valence electrons. The first-order chi connectivity index (χ1) is 33.8. The van der Waals surface area contributed by atoms with E-state index in [0.29, 0.717) is 39.2 Å². The van der Waals surface area contributed by atoms with Crippen molar-refractivity contribution in [3.05, 3.63) is 97.1 Å². The Kier molecular flexibility index (Phi) is 12.2. The van der Waals surface area contributed by atoms with E-state index in [4.69, 9.17) is 138 Å². The zero-order chi connectivity index (χ0) is 50.8. The highest BCUT2D eigenvalue weighted by Gasteiger charge is 2.29. The average molecular weight is 858 g/mol. The SMILES string of the molecule is [B]c1c([B])c([B])c(-c2cc(-c3c([B])c([B])c([B])c([B])c3[B])cc(-c3c4c([B])c([B])c([B])c([B])c4c(-c4ccccc4-c4nc5ccccc5n4-c4ccccc4)c4c([B])c([B])c([B])c(O)c34)c2)c([B])c1[B]. The van der Waals surface area contributed by atoms with Crippen LogP contribution in [0.4, 0.5) is 0 Å². The molecule has 0 saturated heterocycles. The number of aromatic hydroxyl groups is 1. The Balaban J connectivity index is 1.45. The van der Waals surface area contributed by atoms with Crippen molar-refractivity contribution in [2.75, 3.05) is 0 Å². The van der Waals surface area contributed by atoms with Crippen LogP contribution in [0.5, 0.6) is 5.75 Å². The predicted molar refractivity (Wildman–Crippen MR) is 317 cm³/mol. The van der Waals surface area contributed by atoms with Gasteiger partial charge < -0.3 is 5.11 Å². The van der Waals surface area contributed by atoms with Gasteiger partial charge in [0, 0.05) is 22.2 Å². The lowest BCUT2D eigenvalue weighted by atomic mass is 9.58. The van der Waals surface area contributed by atoms with Crippen LogP contribution >= 0.6 is 0 Å². The monoisotopic (exact) mass is 860 g/mol. The molecule has 0 aliphatic heterocycles. The molecule has 1 aromatic heterocycles. The number of benzene rings is 9. The van der Waals surface area contributed by atoms with Crippen LogP contribution in [0.3, 0.4) is 0 Å². The average Bonchev–Trinajstić information content (AvgIpc) is 3.77. The maximum atomic E-state index is 12.7. The number of hydrogen-bond donors (Lipinski definition) is 1. The van der Waals surface area contributed by atoms with E-state index in [2.05, 4.69) is 0 Å². The van der Waals surface area contributed by atoms with Crippen LogP contribution < -0.4 is 92.9 Å². The molecule has 10 aromatic rings. The molecule has 1 N–H and O–H groups in total. The van der Waals surface area contributed by atoms with E-state index in [1.54, 1.807) is 18.2 Å². The Morgan fingerprint density at radius 2 is 0.690 bits per heavy atom. The number of para-hydroxylation sites is 3. The second-order valence-corrected chi connectivity index (χ2v) is 17.3. The van der Waals surface area contributed by atoms with E-state index in [-0.39, 0.29) is 137 Å². The zero-order valence-electron chi connectivity index (χ0n) is 37.9. The third-order valence-corrected chi connectivity index (χ3v) is 13.5. The first-order valence-electron chi connectivity index (χ1n) is 21.8. The van der Waals surface area contributed by atoms with Crippen molar-refractivity contribution in [2.45, 2.75) is 0 Å².